The Morgan fingerprint density at radius 3 is 2.59 bits per heavy atom. The van der Waals surface area contributed by atoms with Gasteiger partial charge in [0.05, 0.1) is 6.04 Å². The number of carbonyl (C=O) groups is 1. The zero-order valence-electron chi connectivity index (χ0n) is 10.9. The maximum absolute atomic E-state index is 11.9. The number of hydrogen-bond donors (Lipinski definition) is 2. The predicted octanol–water partition coefficient (Wildman–Crippen LogP) is 2.56. The molecule has 0 fully saturated rings. The van der Waals surface area contributed by atoms with E-state index in [1.165, 1.54) is 0 Å². The Morgan fingerprint density at radius 1 is 1.35 bits per heavy atom. The minimum Gasteiger partial charge on any atom is -0.324 e. The third-order valence-electron chi connectivity index (χ3n) is 2.72. The second kappa shape index (κ2) is 6.40. The number of carbonyl (C=O) groups excluding carboxylic acids is 1. The Kier molecular flexibility index (Phi) is 5.16. The van der Waals surface area contributed by atoms with Gasteiger partial charge in [-0.05, 0) is 30.4 Å². The summed E-state index contributed by atoms with van der Waals surface area (Å²) in [7, 11) is 0. The summed E-state index contributed by atoms with van der Waals surface area (Å²) in [6.07, 6.45) is 1.61. The van der Waals surface area contributed by atoms with E-state index in [0.29, 0.717) is 12.3 Å². The number of aryl methyl sites for hydroxylation is 1. The second-order valence-corrected chi connectivity index (χ2v) is 4.74. The molecule has 0 aromatic heterocycles. The van der Waals surface area contributed by atoms with Crippen LogP contribution in [0.3, 0.4) is 0 Å². The van der Waals surface area contributed by atoms with Crippen molar-refractivity contribution < 1.29 is 4.79 Å². The van der Waals surface area contributed by atoms with Gasteiger partial charge < -0.3 is 11.1 Å². The van der Waals surface area contributed by atoms with Gasteiger partial charge in [0.2, 0.25) is 5.91 Å². The summed E-state index contributed by atoms with van der Waals surface area (Å²) in [6.45, 7) is 6.19. The lowest BCUT2D eigenvalue weighted by molar-refractivity contribution is -0.117. The molecule has 1 aromatic carbocycles. The van der Waals surface area contributed by atoms with Gasteiger partial charge >= 0.3 is 0 Å². The second-order valence-electron chi connectivity index (χ2n) is 4.74. The lowest BCUT2D eigenvalue weighted by atomic mass is 10.0. The van der Waals surface area contributed by atoms with E-state index in [1.54, 1.807) is 0 Å². The van der Waals surface area contributed by atoms with Crippen molar-refractivity contribution in [2.75, 3.05) is 5.32 Å². The van der Waals surface area contributed by atoms with Gasteiger partial charge in [-0.2, -0.15) is 0 Å². The molecule has 3 N–H and O–H groups in total. The van der Waals surface area contributed by atoms with Gasteiger partial charge in [0.15, 0.2) is 0 Å². The van der Waals surface area contributed by atoms with E-state index in [-0.39, 0.29) is 5.91 Å². The third kappa shape index (κ3) is 4.19. The average molecular weight is 234 g/mol. The Bertz CT molecular complexity index is 374. The minimum absolute atomic E-state index is 0.0976. The van der Waals surface area contributed by atoms with Gasteiger partial charge in [0, 0.05) is 5.69 Å². The van der Waals surface area contributed by atoms with Gasteiger partial charge in [-0.3, -0.25) is 4.79 Å². The van der Waals surface area contributed by atoms with Crippen LogP contribution in [0.5, 0.6) is 0 Å². The highest BCUT2D eigenvalue weighted by atomic mass is 16.2. The highest BCUT2D eigenvalue weighted by Crippen LogP contribution is 2.16. The van der Waals surface area contributed by atoms with E-state index >= 15 is 0 Å². The summed E-state index contributed by atoms with van der Waals surface area (Å²) in [5.41, 5.74) is 7.86. The number of nitrogens with one attached hydrogen (secondary N) is 1. The fourth-order valence-electron chi connectivity index (χ4n) is 1.79. The van der Waals surface area contributed by atoms with E-state index < -0.39 is 6.04 Å². The highest BCUT2D eigenvalue weighted by molar-refractivity contribution is 5.95. The zero-order valence-corrected chi connectivity index (χ0v) is 10.9. The minimum atomic E-state index is -0.431. The smallest absolute Gasteiger partial charge is 0.241 e. The van der Waals surface area contributed by atoms with Crippen molar-refractivity contribution in [2.24, 2.45) is 11.7 Å². The average Bonchev–Trinajstić information content (AvgIpc) is 2.28. The quantitative estimate of drug-likeness (QED) is 0.822. The molecular weight excluding hydrogens is 212 g/mol. The summed E-state index contributed by atoms with van der Waals surface area (Å²) >= 11 is 0. The van der Waals surface area contributed by atoms with E-state index in [0.717, 1.165) is 17.7 Å². The Morgan fingerprint density at radius 2 is 2.00 bits per heavy atom. The molecular formula is C14H22N2O. The molecule has 0 heterocycles. The van der Waals surface area contributed by atoms with Crippen LogP contribution in [0.25, 0.3) is 0 Å². The number of rotatable bonds is 5. The van der Waals surface area contributed by atoms with Crippen molar-refractivity contribution in [3.63, 3.8) is 0 Å². The van der Waals surface area contributed by atoms with Crippen molar-refractivity contribution in [1.82, 2.24) is 0 Å². The summed E-state index contributed by atoms with van der Waals surface area (Å²) < 4.78 is 0. The summed E-state index contributed by atoms with van der Waals surface area (Å²) in [4.78, 5) is 11.9. The Balaban J connectivity index is 2.67. The van der Waals surface area contributed by atoms with Crippen molar-refractivity contribution >= 4 is 11.6 Å². The number of benzene rings is 1. The molecule has 17 heavy (non-hydrogen) atoms. The fourth-order valence-corrected chi connectivity index (χ4v) is 1.79. The first-order valence-corrected chi connectivity index (χ1v) is 6.19. The molecule has 0 spiro atoms. The van der Waals surface area contributed by atoms with Crippen LogP contribution in [-0.4, -0.2) is 11.9 Å². The van der Waals surface area contributed by atoms with Crippen LogP contribution >= 0.6 is 0 Å². The van der Waals surface area contributed by atoms with Crippen LogP contribution in [0.15, 0.2) is 24.3 Å². The van der Waals surface area contributed by atoms with Gasteiger partial charge in [0.1, 0.15) is 0 Å². The van der Waals surface area contributed by atoms with E-state index in [2.05, 4.69) is 26.1 Å². The number of hydrogen-bond acceptors (Lipinski definition) is 2. The van der Waals surface area contributed by atoms with Crippen molar-refractivity contribution in [3.8, 4) is 0 Å². The van der Waals surface area contributed by atoms with Crippen LogP contribution in [0.1, 0.15) is 32.8 Å². The van der Waals surface area contributed by atoms with E-state index in [9.17, 15) is 4.79 Å². The van der Waals surface area contributed by atoms with Crippen LogP contribution in [-0.2, 0) is 11.2 Å². The molecule has 3 heteroatoms. The normalized spacial score (nSPS) is 12.5. The lowest BCUT2D eigenvalue weighted by Crippen LogP contribution is -2.36. The molecule has 94 valence electrons. The van der Waals surface area contributed by atoms with Gasteiger partial charge in [0.25, 0.3) is 0 Å². The van der Waals surface area contributed by atoms with Gasteiger partial charge in [-0.25, -0.2) is 0 Å². The zero-order chi connectivity index (χ0) is 12.8. The molecule has 0 aliphatic carbocycles. The molecule has 0 unspecified atom stereocenters. The first kappa shape index (κ1) is 13.7. The topological polar surface area (TPSA) is 55.1 Å². The first-order chi connectivity index (χ1) is 8.04. The van der Waals surface area contributed by atoms with Crippen LogP contribution in [0, 0.1) is 5.92 Å². The van der Waals surface area contributed by atoms with Crippen molar-refractivity contribution in [1.29, 1.82) is 0 Å². The molecule has 0 aliphatic rings. The number of anilines is 1. The molecule has 1 atom stereocenters. The summed E-state index contributed by atoms with van der Waals surface area (Å²) in [5.74, 6) is 0.330. The number of para-hydroxylation sites is 1. The maximum Gasteiger partial charge on any atom is 0.241 e. The van der Waals surface area contributed by atoms with E-state index in [1.807, 2.05) is 24.3 Å². The molecule has 1 aromatic rings. The molecule has 0 saturated carbocycles. The van der Waals surface area contributed by atoms with Gasteiger partial charge in [-0.15, -0.1) is 0 Å². The fraction of sp³-hybridized carbons (Fsp3) is 0.500. The lowest BCUT2D eigenvalue weighted by Gasteiger charge is -2.15. The summed E-state index contributed by atoms with van der Waals surface area (Å²) in [5, 5.41) is 2.90. The van der Waals surface area contributed by atoms with Crippen LogP contribution < -0.4 is 11.1 Å². The predicted molar refractivity (Wildman–Crippen MR) is 71.9 cm³/mol. The Labute approximate surface area is 103 Å². The van der Waals surface area contributed by atoms with E-state index in [4.69, 9.17) is 5.73 Å². The monoisotopic (exact) mass is 234 g/mol. The van der Waals surface area contributed by atoms with Gasteiger partial charge in [-0.1, -0.05) is 39.0 Å². The Hall–Kier alpha value is -1.35. The standard InChI is InChI=1S/C14H22N2O/c1-4-11-7-5-6-8-13(11)16-14(17)12(15)9-10(2)3/h5-8,10,12H,4,9,15H2,1-3H3,(H,16,17)/t12-/m1/s1. The first-order valence-electron chi connectivity index (χ1n) is 6.19. The SMILES string of the molecule is CCc1ccccc1NC(=O)[C@H](N)CC(C)C. The molecule has 0 saturated heterocycles. The number of amides is 1. The van der Waals surface area contributed by atoms with Crippen molar-refractivity contribution in [3.05, 3.63) is 29.8 Å². The third-order valence-corrected chi connectivity index (χ3v) is 2.72. The molecule has 0 aliphatic heterocycles. The van der Waals surface area contributed by atoms with Crippen LogP contribution in [0.2, 0.25) is 0 Å². The molecule has 3 nitrogen and oxygen atoms in total. The largest absolute Gasteiger partial charge is 0.324 e. The summed E-state index contributed by atoms with van der Waals surface area (Å²) in [6, 6.07) is 7.40. The molecule has 0 radical (unpaired) electrons. The number of nitrogens with two attached hydrogens (primary N) is 1. The molecule has 1 rings (SSSR count). The van der Waals surface area contributed by atoms with Crippen LogP contribution in [0.4, 0.5) is 5.69 Å². The van der Waals surface area contributed by atoms with Crippen molar-refractivity contribution in [2.45, 2.75) is 39.7 Å². The molecule has 0 bridgehead atoms. The maximum atomic E-state index is 11.9. The molecule has 1 amide bonds. The highest BCUT2D eigenvalue weighted by Gasteiger charge is 2.15.